The minimum absolute atomic E-state index is 0.0725. The fraction of sp³-hybridized carbons (Fsp3) is 0.917. The van der Waals surface area contributed by atoms with Gasteiger partial charge in [0.25, 0.3) is 0 Å². The zero-order valence-electron chi connectivity index (χ0n) is 10.3. The number of hydrogen-bond donors (Lipinski definition) is 1. The van der Waals surface area contributed by atoms with Gasteiger partial charge in [-0.2, -0.15) is 0 Å². The number of alkyl halides is 1. The molecule has 0 saturated carbocycles. The Morgan fingerprint density at radius 1 is 1.38 bits per heavy atom. The van der Waals surface area contributed by atoms with Crippen LogP contribution in [0, 0.1) is 11.8 Å². The van der Waals surface area contributed by atoms with Crippen molar-refractivity contribution in [1.82, 2.24) is 10.2 Å². The van der Waals surface area contributed by atoms with Gasteiger partial charge in [0.15, 0.2) is 0 Å². The van der Waals surface area contributed by atoms with Crippen molar-refractivity contribution in [3.05, 3.63) is 0 Å². The van der Waals surface area contributed by atoms with Crippen LogP contribution >= 0.6 is 11.6 Å². The molecular formula is C12H23ClN2O. The number of hydrogen-bond acceptors (Lipinski definition) is 2. The summed E-state index contributed by atoms with van der Waals surface area (Å²) in [5.41, 5.74) is 0. The Labute approximate surface area is 104 Å². The number of rotatable bonds is 6. The van der Waals surface area contributed by atoms with E-state index in [0.717, 1.165) is 13.1 Å². The number of nitrogens with one attached hydrogen (secondary N) is 1. The van der Waals surface area contributed by atoms with E-state index in [1.165, 1.54) is 25.9 Å². The van der Waals surface area contributed by atoms with E-state index in [-0.39, 0.29) is 11.8 Å². The van der Waals surface area contributed by atoms with Crippen molar-refractivity contribution in [2.45, 2.75) is 26.7 Å². The molecule has 1 N–H and O–H groups in total. The molecule has 1 amide bonds. The van der Waals surface area contributed by atoms with Gasteiger partial charge in [-0.3, -0.25) is 4.79 Å². The summed E-state index contributed by atoms with van der Waals surface area (Å²) in [5.74, 6) is 0.903. The molecule has 1 aliphatic rings. The number of likely N-dealkylation sites (tertiary alicyclic amines) is 1. The maximum absolute atomic E-state index is 11.5. The van der Waals surface area contributed by atoms with Gasteiger partial charge < -0.3 is 10.2 Å². The number of amides is 1. The third-order valence-corrected chi connectivity index (χ3v) is 3.54. The summed E-state index contributed by atoms with van der Waals surface area (Å²) >= 11 is 5.63. The second-order valence-electron chi connectivity index (χ2n) is 4.91. The van der Waals surface area contributed by atoms with Crippen LogP contribution in [0.2, 0.25) is 0 Å². The lowest BCUT2D eigenvalue weighted by molar-refractivity contribution is -0.124. The second-order valence-corrected chi connectivity index (χ2v) is 5.22. The first kappa shape index (κ1) is 13.8. The molecule has 1 rings (SSSR count). The van der Waals surface area contributed by atoms with Gasteiger partial charge in [-0.05, 0) is 31.8 Å². The Bertz CT molecular complexity index is 217. The molecule has 0 spiro atoms. The van der Waals surface area contributed by atoms with Crippen molar-refractivity contribution in [1.29, 1.82) is 0 Å². The monoisotopic (exact) mass is 246 g/mol. The maximum atomic E-state index is 11.5. The van der Waals surface area contributed by atoms with Gasteiger partial charge in [0, 0.05) is 24.9 Å². The lowest BCUT2D eigenvalue weighted by atomic mass is 10.1. The van der Waals surface area contributed by atoms with Gasteiger partial charge in [-0.15, -0.1) is 11.6 Å². The second kappa shape index (κ2) is 7.13. The minimum atomic E-state index is -0.0827. The van der Waals surface area contributed by atoms with Crippen molar-refractivity contribution in [3.8, 4) is 0 Å². The molecule has 0 aromatic heterocycles. The van der Waals surface area contributed by atoms with Crippen LogP contribution in [0.15, 0.2) is 0 Å². The van der Waals surface area contributed by atoms with Crippen molar-refractivity contribution in [3.63, 3.8) is 0 Å². The fourth-order valence-electron chi connectivity index (χ4n) is 1.99. The minimum Gasteiger partial charge on any atom is -0.356 e. The molecule has 16 heavy (non-hydrogen) atoms. The van der Waals surface area contributed by atoms with E-state index in [0.29, 0.717) is 11.8 Å². The summed E-state index contributed by atoms with van der Waals surface area (Å²) in [6.07, 6.45) is 2.64. The van der Waals surface area contributed by atoms with Crippen LogP contribution in [-0.4, -0.2) is 42.9 Å². The quantitative estimate of drug-likeness (QED) is 0.724. The van der Waals surface area contributed by atoms with Gasteiger partial charge in [-0.1, -0.05) is 13.8 Å². The highest BCUT2D eigenvalue weighted by atomic mass is 35.5. The molecule has 2 atom stereocenters. The normalized spacial score (nSPS) is 20.7. The highest BCUT2D eigenvalue weighted by Crippen LogP contribution is 2.09. The van der Waals surface area contributed by atoms with Crippen molar-refractivity contribution >= 4 is 17.5 Å². The zero-order chi connectivity index (χ0) is 12.0. The summed E-state index contributed by atoms with van der Waals surface area (Å²) in [4.78, 5) is 14.0. The van der Waals surface area contributed by atoms with Crippen LogP contribution in [0.1, 0.15) is 26.7 Å². The average Bonchev–Trinajstić information content (AvgIpc) is 2.77. The molecule has 1 saturated heterocycles. The molecule has 3 nitrogen and oxygen atoms in total. The predicted octanol–water partition coefficient (Wildman–Crippen LogP) is 1.71. The topological polar surface area (TPSA) is 32.3 Å². The molecule has 1 aliphatic heterocycles. The molecule has 1 fully saturated rings. The third-order valence-electron chi connectivity index (χ3n) is 3.07. The van der Waals surface area contributed by atoms with Gasteiger partial charge in [0.2, 0.25) is 5.91 Å². The molecule has 94 valence electrons. The first-order valence-corrected chi connectivity index (χ1v) is 6.73. The number of halogens is 1. The van der Waals surface area contributed by atoms with Gasteiger partial charge in [-0.25, -0.2) is 0 Å². The van der Waals surface area contributed by atoms with Gasteiger partial charge in [0.1, 0.15) is 0 Å². The number of carbonyl (C=O) groups is 1. The molecule has 2 unspecified atom stereocenters. The van der Waals surface area contributed by atoms with Crippen LogP contribution < -0.4 is 5.32 Å². The standard InChI is InChI=1S/C12H23ClN2O/c1-10(9-15-5-3-4-6-15)8-14-12(16)11(2)7-13/h10-11H,3-9H2,1-2H3,(H,14,16). The summed E-state index contributed by atoms with van der Waals surface area (Å²) < 4.78 is 0. The van der Waals surface area contributed by atoms with Crippen molar-refractivity contribution in [2.75, 3.05) is 32.1 Å². The predicted molar refractivity (Wildman–Crippen MR) is 67.7 cm³/mol. The van der Waals surface area contributed by atoms with E-state index < -0.39 is 0 Å². The lowest BCUT2D eigenvalue weighted by Crippen LogP contribution is -2.37. The Kier molecular flexibility index (Phi) is 6.14. The fourth-order valence-corrected chi connectivity index (χ4v) is 2.13. The van der Waals surface area contributed by atoms with E-state index in [1.807, 2.05) is 6.92 Å². The largest absolute Gasteiger partial charge is 0.356 e. The first-order chi connectivity index (χ1) is 7.63. The summed E-state index contributed by atoms with van der Waals surface area (Å²) in [6, 6.07) is 0. The van der Waals surface area contributed by atoms with Crippen LogP contribution in [0.3, 0.4) is 0 Å². The van der Waals surface area contributed by atoms with Gasteiger partial charge >= 0.3 is 0 Å². The molecule has 0 aliphatic carbocycles. The molecule has 0 bridgehead atoms. The highest BCUT2D eigenvalue weighted by Gasteiger charge is 2.16. The Hall–Kier alpha value is -0.280. The Balaban J connectivity index is 2.13. The molecule has 1 heterocycles. The van der Waals surface area contributed by atoms with E-state index in [4.69, 9.17) is 11.6 Å². The van der Waals surface area contributed by atoms with E-state index in [1.54, 1.807) is 0 Å². The number of carbonyl (C=O) groups excluding carboxylic acids is 1. The summed E-state index contributed by atoms with van der Waals surface area (Å²) in [6.45, 7) is 8.33. The van der Waals surface area contributed by atoms with E-state index in [9.17, 15) is 4.79 Å². The summed E-state index contributed by atoms with van der Waals surface area (Å²) in [7, 11) is 0. The molecule has 0 radical (unpaired) electrons. The van der Waals surface area contributed by atoms with E-state index in [2.05, 4.69) is 17.1 Å². The molecule has 0 aromatic rings. The van der Waals surface area contributed by atoms with E-state index >= 15 is 0 Å². The Morgan fingerprint density at radius 3 is 2.56 bits per heavy atom. The smallest absolute Gasteiger partial charge is 0.224 e. The average molecular weight is 247 g/mol. The lowest BCUT2D eigenvalue weighted by Gasteiger charge is -2.21. The van der Waals surface area contributed by atoms with Crippen LogP contribution in [0.4, 0.5) is 0 Å². The highest BCUT2D eigenvalue weighted by molar-refractivity contribution is 6.19. The van der Waals surface area contributed by atoms with Gasteiger partial charge in [0.05, 0.1) is 0 Å². The van der Waals surface area contributed by atoms with Crippen LogP contribution in [0.25, 0.3) is 0 Å². The third kappa shape index (κ3) is 4.71. The van der Waals surface area contributed by atoms with Crippen molar-refractivity contribution < 1.29 is 4.79 Å². The van der Waals surface area contributed by atoms with Crippen molar-refractivity contribution in [2.24, 2.45) is 11.8 Å². The molecule has 4 heteroatoms. The first-order valence-electron chi connectivity index (χ1n) is 6.19. The summed E-state index contributed by atoms with van der Waals surface area (Å²) in [5, 5.41) is 2.96. The van der Waals surface area contributed by atoms with Crippen LogP contribution in [0.5, 0.6) is 0 Å². The zero-order valence-corrected chi connectivity index (χ0v) is 11.1. The maximum Gasteiger partial charge on any atom is 0.224 e. The number of nitrogens with zero attached hydrogens (tertiary/aromatic N) is 1. The van der Waals surface area contributed by atoms with Crippen LogP contribution in [-0.2, 0) is 4.79 Å². The molecular weight excluding hydrogens is 224 g/mol. The SMILES string of the molecule is CC(CNC(=O)C(C)CCl)CN1CCCC1. The Morgan fingerprint density at radius 2 is 2.00 bits per heavy atom. The molecule has 0 aromatic carbocycles.